The summed E-state index contributed by atoms with van der Waals surface area (Å²) in [7, 11) is 0. The van der Waals surface area contributed by atoms with Crippen LogP contribution in [0.2, 0.25) is 0 Å². The van der Waals surface area contributed by atoms with Gasteiger partial charge in [-0.25, -0.2) is 0 Å². The maximum Gasteiger partial charge on any atom is 0.302 e. The van der Waals surface area contributed by atoms with Crippen molar-refractivity contribution in [1.82, 2.24) is 14.8 Å². The number of aromatic nitrogens is 1. The van der Waals surface area contributed by atoms with Crippen molar-refractivity contribution in [2.24, 2.45) is 0 Å². The molecule has 2 atom stereocenters. The summed E-state index contributed by atoms with van der Waals surface area (Å²) in [5.41, 5.74) is 2.73. The minimum Gasteiger partial charge on any atom is -0.464 e. The Kier molecular flexibility index (Phi) is 7.13. The smallest absolute Gasteiger partial charge is 0.302 e. The number of amides is 2. The van der Waals surface area contributed by atoms with E-state index in [2.05, 4.69) is 5.32 Å². The van der Waals surface area contributed by atoms with Gasteiger partial charge in [0.2, 0.25) is 0 Å². The lowest BCUT2D eigenvalue weighted by atomic mass is 10.0. The average molecular weight is 454 g/mol. The topological polar surface area (TPSA) is 89.9 Å². The molecule has 1 N–H and O–H groups in total. The predicted octanol–water partition coefficient (Wildman–Crippen LogP) is 3.07. The maximum absolute atomic E-state index is 13.5. The van der Waals surface area contributed by atoms with Crippen LogP contribution in [0.25, 0.3) is 0 Å². The number of hydrogen-bond donors (Lipinski definition) is 1. The zero-order valence-corrected chi connectivity index (χ0v) is 19.2. The number of nitrogens with zero attached hydrogens (tertiary/aromatic N) is 2. The highest BCUT2D eigenvalue weighted by Crippen LogP contribution is 2.27. The van der Waals surface area contributed by atoms with Crippen LogP contribution in [0.3, 0.4) is 0 Å². The van der Waals surface area contributed by atoms with Crippen LogP contribution < -0.4 is 5.32 Å². The van der Waals surface area contributed by atoms with Gasteiger partial charge in [-0.3, -0.25) is 14.4 Å². The monoisotopic (exact) mass is 453 g/mol. The Hall–Kier alpha value is -3.13. The minimum absolute atomic E-state index is 0.121. The predicted molar refractivity (Wildman–Crippen MR) is 122 cm³/mol. The summed E-state index contributed by atoms with van der Waals surface area (Å²) in [5.74, 6) is -0.701. The van der Waals surface area contributed by atoms with Crippen LogP contribution in [0, 0.1) is 0 Å². The van der Waals surface area contributed by atoms with Gasteiger partial charge in [-0.15, -0.1) is 0 Å². The summed E-state index contributed by atoms with van der Waals surface area (Å²) in [6, 6.07) is 11.3. The van der Waals surface area contributed by atoms with E-state index in [0.717, 1.165) is 30.5 Å². The molecule has 0 aliphatic carbocycles. The summed E-state index contributed by atoms with van der Waals surface area (Å²) in [6.07, 6.45) is 2.40. The van der Waals surface area contributed by atoms with Crippen molar-refractivity contribution >= 4 is 17.8 Å². The van der Waals surface area contributed by atoms with Crippen molar-refractivity contribution in [2.75, 3.05) is 19.8 Å². The molecule has 3 heterocycles. The first-order valence-corrected chi connectivity index (χ1v) is 11.6. The lowest BCUT2D eigenvalue weighted by Crippen LogP contribution is -2.40. The van der Waals surface area contributed by atoms with Gasteiger partial charge in [-0.2, -0.15) is 0 Å². The number of benzene rings is 1. The highest BCUT2D eigenvalue weighted by Gasteiger charge is 2.34. The second-order valence-corrected chi connectivity index (χ2v) is 8.54. The number of esters is 1. The Morgan fingerprint density at radius 1 is 1.21 bits per heavy atom. The molecular formula is C25H31N3O5. The van der Waals surface area contributed by atoms with Gasteiger partial charge in [0.05, 0.1) is 36.6 Å². The first kappa shape index (κ1) is 23.0. The van der Waals surface area contributed by atoms with Gasteiger partial charge >= 0.3 is 5.97 Å². The second-order valence-electron chi connectivity index (χ2n) is 8.54. The molecule has 4 rings (SSSR count). The van der Waals surface area contributed by atoms with E-state index in [1.165, 1.54) is 6.92 Å². The van der Waals surface area contributed by atoms with Crippen molar-refractivity contribution in [2.45, 2.75) is 58.3 Å². The molecular weight excluding hydrogens is 422 g/mol. The fraction of sp³-hybridized carbons (Fsp3) is 0.480. The van der Waals surface area contributed by atoms with Gasteiger partial charge in [-0.05, 0) is 30.9 Å². The number of hydrogen-bond acceptors (Lipinski definition) is 5. The van der Waals surface area contributed by atoms with E-state index < -0.39 is 0 Å². The number of nitrogens with one attached hydrogen (secondary N) is 1. The lowest BCUT2D eigenvalue weighted by molar-refractivity contribution is -0.142. The van der Waals surface area contributed by atoms with E-state index in [1.807, 2.05) is 41.8 Å². The summed E-state index contributed by atoms with van der Waals surface area (Å²) >= 11 is 0. The van der Waals surface area contributed by atoms with Gasteiger partial charge in [0, 0.05) is 20.0 Å². The Morgan fingerprint density at radius 3 is 2.73 bits per heavy atom. The first-order valence-electron chi connectivity index (χ1n) is 11.6. The second kappa shape index (κ2) is 10.2. The van der Waals surface area contributed by atoms with E-state index >= 15 is 0 Å². The summed E-state index contributed by atoms with van der Waals surface area (Å²) in [6.45, 7) is 5.49. The number of likely N-dealkylation sites (tertiary alicyclic amines) is 1. The van der Waals surface area contributed by atoms with E-state index in [4.69, 9.17) is 9.47 Å². The van der Waals surface area contributed by atoms with Gasteiger partial charge in [0.25, 0.3) is 11.8 Å². The molecule has 1 unspecified atom stereocenters. The SMILES string of the molecule is CC[C@@H](NC(=O)c1cc(C(=O)N2CCCC2COC(C)=O)n2c1COCC2)c1ccccc1. The average Bonchev–Trinajstić information content (AvgIpc) is 3.46. The third-order valence-electron chi connectivity index (χ3n) is 6.40. The molecule has 0 radical (unpaired) electrons. The molecule has 1 fully saturated rings. The Bertz CT molecular complexity index is 1020. The zero-order valence-electron chi connectivity index (χ0n) is 19.2. The minimum atomic E-state index is -0.352. The molecule has 1 aromatic carbocycles. The lowest BCUT2D eigenvalue weighted by Gasteiger charge is -2.26. The number of rotatable bonds is 7. The summed E-state index contributed by atoms with van der Waals surface area (Å²) in [5, 5.41) is 3.12. The maximum atomic E-state index is 13.5. The fourth-order valence-electron chi connectivity index (χ4n) is 4.68. The molecule has 1 saturated heterocycles. The fourth-order valence-corrected chi connectivity index (χ4v) is 4.68. The molecule has 8 heteroatoms. The third kappa shape index (κ3) is 4.95. The highest BCUT2D eigenvalue weighted by atomic mass is 16.5. The Balaban J connectivity index is 1.58. The molecule has 8 nitrogen and oxygen atoms in total. The zero-order chi connectivity index (χ0) is 23.4. The molecule has 2 amide bonds. The molecule has 33 heavy (non-hydrogen) atoms. The van der Waals surface area contributed by atoms with Crippen molar-refractivity contribution in [3.8, 4) is 0 Å². The van der Waals surface area contributed by atoms with Crippen LogP contribution >= 0.6 is 0 Å². The molecule has 2 aliphatic heterocycles. The molecule has 0 bridgehead atoms. The van der Waals surface area contributed by atoms with Crippen molar-refractivity contribution < 1.29 is 23.9 Å². The van der Waals surface area contributed by atoms with Crippen LogP contribution in [-0.2, 0) is 27.4 Å². The number of fused-ring (bicyclic) bond motifs is 1. The molecule has 1 aromatic heterocycles. The molecule has 176 valence electrons. The van der Waals surface area contributed by atoms with E-state index in [9.17, 15) is 14.4 Å². The van der Waals surface area contributed by atoms with Gasteiger partial charge in [-0.1, -0.05) is 37.3 Å². The largest absolute Gasteiger partial charge is 0.464 e. The van der Waals surface area contributed by atoms with Crippen molar-refractivity contribution in [3.05, 3.63) is 58.9 Å². The standard InChI is InChI=1S/C25H31N3O5/c1-3-21(18-8-5-4-6-9-18)26-24(30)20-14-22(28-12-13-32-16-23(20)28)25(31)27-11-7-10-19(27)15-33-17(2)29/h4-6,8-9,14,19,21H,3,7,10-13,15-16H2,1-2H3,(H,26,30)/t19?,21-/m1/s1. The summed E-state index contributed by atoms with van der Waals surface area (Å²) in [4.78, 5) is 39.8. The van der Waals surface area contributed by atoms with Crippen LogP contribution in [-0.4, -0.2) is 53.1 Å². The van der Waals surface area contributed by atoms with Crippen molar-refractivity contribution in [1.29, 1.82) is 0 Å². The molecule has 0 saturated carbocycles. The van der Waals surface area contributed by atoms with Crippen molar-refractivity contribution in [3.63, 3.8) is 0 Å². The number of ether oxygens (including phenoxy) is 2. The van der Waals surface area contributed by atoms with Gasteiger partial charge in [0.15, 0.2) is 0 Å². The van der Waals surface area contributed by atoms with E-state index in [1.54, 1.807) is 11.0 Å². The number of carbonyl (C=O) groups excluding carboxylic acids is 3. The Morgan fingerprint density at radius 2 is 2.00 bits per heavy atom. The van der Waals surface area contributed by atoms with Gasteiger partial charge < -0.3 is 24.3 Å². The van der Waals surface area contributed by atoms with E-state index in [-0.39, 0.29) is 43.1 Å². The molecule has 2 aliphatic rings. The summed E-state index contributed by atoms with van der Waals surface area (Å²) < 4.78 is 12.7. The van der Waals surface area contributed by atoms with Crippen LogP contribution in [0.1, 0.15) is 71.3 Å². The van der Waals surface area contributed by atoms with E-state index in [0.29, 0.717) is 31.0 Å². The van der Waals surface area contributed by atoms with Crippen LogP contribution in [0.15, 0.2) is 36.4 Å². The molecule has 0 spiro atoms. The highest BCUT2D eigenvalue weighted by molar-refractivity contribution is 6.01. The normalized spacial score (nSPS) is 18.5. The third-order valence-corrected chi connectivity index (χ3v) is 6.40. The van der Waals surface area contributed by atoms with Crippen LogP contribution in [0.5, 0.6) is 0 Å². The van der Waals surface area contributed by atoms with Gasteiger partial charge in [0.1, 0.15) is 12.3 Å². The van der Waals surface area contributed by atoms with Crippen LogP contribution in [0.4, 0.5) is 0 Å². The number of carbonyl (C=O) groups is 3. The first-order chi connectivity index (χ1) is 16.0. The quantitative estimate of drug-likeness (QED) is 0.651. The molecule has 2 aromatic rings. The Labute approximate surface area is 193 Å².